The zero-order chi connectivity index (χ0) is 13.9. The van der Waals surface area contributed by atoms with E-state index in [4.69, 9.17) is 10.5 Å². The first-order chi connectivity index (χ1) is 9.74. The molecule has 0 heterocycles. The van der Waals surface area contributed by atoms with Crippen molar-refractivity contribution in [3.8, 4) is 5.75 Å². The topological polar surface area (TPSA) is 47.3 Å². The average Bonchev–Trinajstić information content (AvgIpc) is 2.46. The lowest BCUT2D eigenvalue weighted by molar-refractivity contribution is 0.415. The molecule has 0 radical (unpaired) electrons. The second kappa shape index (κ2) is 5.13. The van der Waals surface area contributed by atoms with E-state index in [0.29, 0.717) is 5.69 Å². The molecule has 3 aromatic carbocycles. The molecule has 0 aliphatic rings. The largest absolute Gasteiger partial charge is 0.497 e. The molecule has 3 heteroatoms. The van der Waals surface area contributed by atoms with Crippen molar-refractivity contribution in [3.05, 3.63) is 60.7 Å². The number of fused-ring (bicyclic) bond motifs is 1. The number of hydrogen-bond acceptors (Lipinski definition) is 3. The molecule has 0 saturated heterocycles. The lowest BCUT2D eigenvalue weighted by Crippen LogP contribution is -1.94. The summed E-state index contributed by atoms with van der Waals surface area (Å²) >= 11 is 0. The number of nitrogens with two attached hydrogens (primary N) is 1. The van der Waals surface area contributed by atoms with Crippen molar-refractivity contribution >= 4 is 27.8 Å². The Morgan fingerprint density at radius 1 is 0.850 bits per heavy atom. The van der Waals surface area contributed by atoms with Crippen molar-refractivity contribution in [2.45, 2.75) is 0 Å². The molecule has 0 atom stereocenters. The van der Waals surface area contributed by atoms with Crippen molar-refractivity contribution < 1.29 is 4.74 Å². The highest BCUT2D eigenvalue weighted by molar-refractivity contribution is 5.86. The standard InChI is InChI=1S/C17H16N2O/c1-20-17-10-14(18)9-16(11-17)19-15-7-6-12-4-2-3-5-13(12)8-15/h2-11,19H,18H2,1H3. The van der Waals surface area contributed by atoms with Crippen LogP contribution in [0.1, 0.15) is 0 Å². The van der Waals surface area contributed by atoms with Gasteiger partial charge >= 0.3 is 0 Å². The van der Waals surface area contributed by atoms with Crippen LogP contribution in [0.3, 0.4) is 0 Å². The summed E-state index contributed by atoms with van der Waals surface area (Å²) in [5, 5.41) is 5.78. The number of benzene rings is 3. The van der Waals surface area contributed by atoms with Crippen LogP contribution in [0.2, 0.25) is 0 Å². The van der Waals surface area contributed by atoms with E-state index in [1.165, 1.54) is 10.8 Å². The Kier molecular flexibility index (Phi) is 3.17. The van der Waals surface area contributed by atoms with E-state index in [0.717, 1.165) is 17.1 Å². The molecule has 0 aliphatic carbocycles. The second-order valence-electron chi connectivity index (χ2n) is 4.68. The summed E-state index contributed by atoms with van der Waals surface area (Å²) in [7, 11) is 1.63. The van der Waals surface area contributed by atoms with E-state index in [1.54, 1.807) is 13.2 Å². The first-order valence-corrected chi connectivity index (χ1v) is 6.45. The third-order valence-corrected chi connectivity index (χ3v) is 3.20. The SMILES string of the molecule is COc1cc(N)cc(Nc2ccc3ccccc3c2)c1. The number of hydrogen-bond donors (Lipinski definition) is 2. The van der Waals surface area contributed by atoms with E-state index < -0.39 is 0 Å². The molecule has 3 N–H and O–H groups in total. The molecule has 3 rings (SSSR count). The Morgan fingerprint density at radius 3 is 2.45 bits per heavy atom. The minimum Gasteiger partial charge on any atom is -0.497 e. The predicted octanol–water partition coefficient (Wildman–Crippen LogP) is 4.17. The van der Waals surface area contributed by atoms with Crippen molar-refractivity contribution in [2.24, 2.45) is 0 Å². The Bertz CT molecular complexity index is 753. The van der Waals surface area contributed by atoms with Gasteiger partial charge in [0.15, 0.2) is 0 Å². The minimum absolute atomic E-state index is 0.674. The lowest BCUT2D eigenvalue weighted by atomic mass is 10.1. The molecule has 0 spiro atoms. The molecule has 3 aromatic rings. The molecule has 0 aromatic heterocycles. The van der Waals surface area contributed by atoms with Crippen LogP contribution < -0.4 is 15.8 Å². The highest BCUT2D eigenvalue weighted by Gasteiger charge is 2.01. The molecule has 0 bridgehead atoms. The maximum atomic E-state index is 5.86. The fourth-order valence-electron chi connectivity index (χ4n) is 2.25. The summed E-state index contributed by atoms with van der Waals surface area (Å²) < 4.78 is 5.22. The molecular formula is C17H16N2O. The van der Waals surface area contributed by atoms with Crippen LogP contribution in [0.4, 0.5) is 17.1 Å². The van der Waals surface area contributed by atoms with Crippen LogP contribution in [0.15, 0.2) is 60.7 Å². The van der Waals surface area contributed by atoms with E-state index in [2.05, 4.69) is 35.6 Å². The number of nitrogen functional groups attached to an aromatic ring is 1. The molecule has 0 amide bonds. The van der Waals surface area contributed by atoms with Gasteiger partial charge in [-0.2, -0.15) is 0 Å². The molecular weight excluding hydrogens is 248 g/mol. The number of rotatable bonds is 3. The Morgan fingerprint density at radius 2 is 1.65 bits per heavy atom. The highest BCUT2D eigenvalue weighted by Crippen LogP contribution is 2.26. The number of methoxy groups -OCH3 is 1. The van der Waals surface area contributed by atoms with E-state index >= 15 is 0 Å². The normalized spacial score (nSPS) is 10.4. The first kappa shape index (κ1) is 12.4. The van der Waals surface area contributed by atoms with Crippen LogP contribution in [0, 0.1) is 0 Å². The van der Waals surface area contributed by atoms with Crippen molar-refractivity contribution in [2.75, 3.05) is 18.2 Å². The van der Waals surface area contributed by atoms with Crippen LogP contribution in [-0.2, 0) is 0 Å². The third-order valence-electron chi connectivity index (χ3n) is 3.20. The maximum Gasteiger partial charge on any atom is 0.122 e. The zero-order valence-electron chi connectivity index (χ0n) is 11.3. The fraction of sp³-hybridized carbons (Fsp3) is 0.0588. The van der Waals surface area contributed by atoms with Gasteiger partial charge in [-0.3, -0.25) is 0 Å². The number of nitrogens with one attached hydrogen (secondary N) is 1. The van der Waals surface area contributed by atoms with Gasteiger partial charge in [0.25, 0.3) is 0 Å². The van der Waals surface area contributed by atoms with Gasteiger partial charge in [0.2, 0.25) is 0 Å². The van der Waals surface area contributed by atoms with Gasteiger partial charge in [-0.15, -0.1) is 0 Å². The smallest absolute Gasteiger partial charge is 0.122 e. The van der Waals surface area contributed by atoms with Crippen molar-refractivity contribution in [1.82, 2.24) is 0 Å². The molecule has 0 aliphatic heterocycles. The van der Waals surface area contributed by atoms with Crippen molar-refractivity contribution in [1.29, 1.82) is 0 Å². The fourth-order valence-corrected chi connectivity index (χ4v) is 2.25. The third kappa shape index (κ3) is 2.52. The van der Waals surface area contributed by atoms with Crippen LogP contribution in [0.5, 0.6) is 5.75 Å². The summed E-state index contributed by atoms with van der Waals surface area (Å²) in [5.74, 6) is 0.744. The summed E-state index contributed by atoms with van der Waals surface area (Å²) in [5.41, 5.74) is 8.47. The Hall–Kier alpha value is -2.68. The van der Waals surface area contributed by atoms with E-state index in [-0.39, 0.29) is 0 Å². The quantitative estimate of drug-likeness (QED) is 0.698. The van der Waals surface area contributed by atoms with Gasteiger partial charge < -0.3 is 15.8 Å². The first-order valence-electron chi connectivity index (χ1n) is 6.45. The summed E-state index contributed by atoms with van der Waals surface area (Å²) in [6.45, 7) is 0. The van der Waals surface area contributed by atoms with E-state index in [1.807, 2.05) is 24.3 Å². The monoisotopic (exact) mass is 264 g/mol. The summed E-state index contributed by atoms with van der Waals surface area (Å²) in [6, 6.07) is 20.1. The van der Waals surface area contributed by atoms with Gasteiger partial charge in [0.1, 0.15) is 5.75 Å². The highest BCUT2D eigenvalue weighted by atomic mass is 16.5. The molecule has 100 valence electrons. The number of anilines is 3. The number of ether oxygens (including phenoxy) is 1. The van der Waals surface area contributed by atoms with Gasteiger partial charge in [-0.1, -0.05) is 30.3 Å². The Labute approximate surface area is 118 Å². The molecule has 0 fully saturated rings. The van der Waals surface area contributed by atoms with Crippen LogP contribution in [0.25, 0.3) is 10.8 Å². The molecule has 3 nitrogen and oxygen atoms in total. The maximum absolute atomic E-state index is 5.86. The van der Waals surface area contributed by atoms with Crippen molar-refractivity contribution in [3.63, 3.8) is 0 Å². The summed E-state index contributed by atoms with van der Waals surface area (Å²) in [4.78, 5) is 0. The van der Waals surface area contributed by atoms with Crippen LogP contribution >= 0.6 is 0 Å². The van der Waals surface area contributed by atoms with Crippen LogP contribution in [-0.4, -0.2) is 7.11 Å². The molecule has 20 heavy (non-hydrogen) atoms. The van der Waals surface area contributed by atoms with Gasteiger partial charge in [-0.25, -0.2) is 0 Å². The molecule has 0 saturated carbocycles. The van der Waals surface area contributed by atoms with Gasteiger partial charge in [0, 0.05) is 29.2 Å². The van der Waals surface area contributed by atoms with Gasteiger partial charge in [-0.05, 0) is 29.0 Å². The lowest BCUT2D eigenvalue weighted by Gasteiger charge is -2.10. The predicted molar refractivity (Wildman–Crippen MR) is 84.6 cm³/mol. The molecule has 0 unspecified atom stereocenters. The van der Waals surface area contributed by atoms with Gasteiger partial charge in [0.05, 0.1) is 7.11 Å². The zero-order valence-corrected chi connectivity index (χ0v) is 11.3. The summed E-state index contributed by atoms with van der Waals surface area (Å²) in [6.07, 6.45) is 0. The second-order valence-corrected chi connectivity index (χ2v) is 4.68. The minimum atomic E-state index is 0.674. The van der Waals surface area contributed by atoms with E-state index in [9.17, 15) is 0 Å². The average molecular weight is 264 g/mol. The Balaban J connectivity index is 1.94.